The van der Waals surface area contributed by atoms with E-state index in [2.05, 4.69) is 29.8 Å². The molecule has 0 fully saturated rings. The lowest BCUT2D eigenvalue weighted by Gasteiger charge is -2.15. The van der Waals surface area contributed by atoms with Crippen molar-refractivity contribution < 1.29 is 0 Å². The summed E-state index contributed by atoms with van der Waals surface area (Å²) in [6.45, 7) is 5.74. The van der Waals surface area contributed by atoms with E-state index in [4.69, 9.17) is 0 Å². The zero-order chi connectivity index (χ0) is 14.7. The SMILES string of the molecule is CCc1cc(CC)c2ccc(=O)n(CCN(C)C)c2n1. The van der Waals surface area contributed by atoms with Crippen molar-refractivity contribution in [2.45, 2.75) is 33.2 Å². The molecule has 2 heterocycles. The fourth-order valence-electron chi connectivity index (χ4n) is 2.38. The summed E-state index contributed by atoms with van der Waals surface area (Å²) in [6.07, 6.45) is 1.84. The Kier molecular flexibility index (Phi) is 4.55. The first-order valence-electron chi connectivity index (χ1n) is 7.23. The molecule has 2 rings (SSSR count). The van der Waals surface area contributed by atoms with Crippen LogP contribution in [-0.2, 0) is 19.4 Å². The van der Waals surface area contributed by atoms with Crippen LogP contribution in [0.15, 0.2) is 23.0 Å². The third kappa shape index (κ3) is 2.90. The molecule has 0 saturated carbocycles. The van der Waals surface area contributed by atoms with E-state index in [1.54, 1.807) is 10.6 Å². The summed E-state index contributed by atoms with van der Waals surface area (Å²) in [4.78, 5) is 18.9. The number of hydrogen-bond donors (Lipinski definition) is 0. The average Bonchev–Trinajstić information content (AvgIpc) is 2.44. The highest BCUT2D eigenvalue weighted by Crippen LogP contribution is 2.18. The van der Waals surface area contributed by atoms with Gasteiger partial charge in [-0.3, -0.25) is 9.36 Å². The molecule has 0 amide bonds. The monoisotopic (exact) mass is 273 g/mol. The number of pyridine rings is 2. The quantitative estimate of drug-likeness (QED) is 0.837. The van der Waals surface area contributed by atoms with Crippen molar-refractivity contribution in [1.82, 2.24) is 14.5 Å². The largest absolute Gasteiger partial charge is 0.308 e. The van der Waals surface area contributed by atoms with Crippen molar-refractivity contribution in [3.63, 3.8) is 0 Å². The molecule has 0 atom stereocenters. The van der Waals surface area contributed by atoms with Gasteiger partial charge in [0.25, 0.3) is 5.56 Å². The molecule has 0 unspecified atom stereocenters. The van der Waals surface area contributed by atoms with Crippen molar-refractivity contribution in [2.75, 3.05) is 20.6 Å². The predicted octanol–water partition coefficient (Wildman–Crippen LogP) is 2.08. The maximum Gasteiger partial charge on any atom is 0.252 e. The van der Waals surface area contributed by atoms with E-state index in [1.165, 1.54) is 5.56 Å². The molecular weight excluding hydrogens is 250 g/mol. The smallest absolute Gasteiger partial charge is 0.252 e. The maximum absolute atomic E-state index is 12.1. The third-order valence-electron chi connectivity index (χ3n) is 3.61. The van der Waals surface area contributed by atoms with Gasteiger partial charge in [-0.25, -0.2) is 4.98 Å². The molecule has 0 bridgehead atoms. The van der Waals surface area contributed by atoms with Gasteiger partial charge in [0.2, 0.25) is 0 Å². The summed E-state index contributed by atoms with van der Waals surface area (Å²) < 4.78 is 1.80. The minimum atomic E-state index is 0.0298. The van der Waals surface area contributed by atoms with E-state index in [0.717, 1.165) is 36.1 Å². The van der Waals surface area contributed by atoms with Gasteiger partial charge in [-0.2, -0.15) is 0 Å². The predicted molar refractivity (Wildman–Crippen MR) is 83.3 cm³/mol. The number of rotatable bonds is 5. The molecule has 2 aromatic heterocycles. The lowest BCUT2D eigenvalue weighted by Crippen LogP contribution is -2.27. The molecule has 0 aliphatic rings. The van der Waals surface area contributed by atoms with E-state index in [9.17, 15) is 4.79 Å². The normalized spacial score (nSPS) is 11.4. The Labute approximate surface area is 120 Å². The number of aryl methyl sites for hydroxylation is 2. The van der Waals surface area contributed by atoms with Crippen LogP contribution in [0.1, 0.15) is 25.1 Å². The van der Waals surface area contributed by atoms with Crippen LogP contribution in [0, 0.1) is 0 Å². The van der Waals surface area contributed by atoms with Crippen molar-refractivity contribution in [3.05, 3.63) is 39.8 Å². The summed E-state index contributed by atoms with van der Waals surface area (Å²) >= 11 is 0. The summed E-state index contributed by atoms with van der Waals surface area (Å²) in [5.74, 6) is 0. The molecule has 0 saturated heterocycles. The number of hydrogen-bond acceptors (Lipinski definition) is 3. The number of nitrogens with zero attached hydrogens (tertiary/aromatic N) is 3. The summed E-state index contributed by atoms with van der Waals surface area (Å²) in [5, 5.41) is 1.10. The van der Waals surface area contributed by atoms with Crippen LogP contribution in [0.4, 0.5) is 0 Å². The Bertz CT molecular complexity index is 659. The molecule has 0 aromatic carbocycles. The fraction of sp³-hybridized carbons (Fsp3) is 0.500. The summed E-state index contributed by atoms with van der Waals surface area (Å²) in [6, 6.07) is 5.72. The van der Waals surface area contributed by atoms with Crippen LogP contribution in [-0.4, -0.2) is 35.1 Å². The van der Waals surface area contributed by atoms with Gasteiger partial charge >= 0.3 is 0 Å². The van der Waals surface area contributed by atoms with Gasteiger partial charge in [0.15, 0.2) is 0 Å². The number of aromatic nitrogens is 2. The molecule has 2 aromatic rings. The number of fused-ring (bicyclic) bond motifs is 1. The third-order valence-corrected chi connectivity index (χ3v) is 3.61. The second-order valence-electron chi connectivity index (χ2n) is 5.34. The highest BCUT2D eigenvalue weighted by Gasteiger charge is 2.09. The molecule has 0 N–H and O–H groups in total. The van der Waals surface area contributed by atoms with E-state index in [-0.39, 0.29) is 5.56 Å². The van der Waals surface area contributed by atoms with E-state index in [1.807, 2.05) is 20.2 Å². The molecule has 0 radical (unpaired) electrons. The first kappa shape index (κ1) is 14.7. The van der Waals surface area contributed by atoms with Gasteiger partial charge in [-0.1, -0.05) is 13.8 Å². The minimum Gasteiger partial charge on any atom is -0.308 e. The molecule has 4 nitrogen and oxygen atoms in total. The molecule has 0 aliphatic carbocycles. The van der Waals surface area contributed by atoms with Crippen molar-refractivity contribution >= 4 is 11.0 Å². The van der Waals surface area contributed by atoms with Crippen molar-refractivity contribution in [3.8, 4) is 0 Å². The van der Waals surface area contributed by atoms with Gasteiger partial charge in [-0.15, -0.1) is 0 Å². The molecular formula is C16H23N3O. The Hall–Kier alpha value is -1.68. The van der Waals surface area contributed by atoms with Crippen molar-refractivity contribution in [1.29, 1.82) is 0 Å². The average molecular weight is 273 g/mol. The number of likely N-dealkylation sites (N-methyl/N-ethyl adjacent to an activating group) is 1. The standard InChI is InChI=1S/C16H23N3O/c1-5-12-11-13(6-2)17-16-14(12)7-8-15(20)19(16)10-9-18(3)4/h7-8,11H,5-6,9-10H2,1-4H3. The van der Waals surface area contributed by atoms with Gasteiger partial charge < -0.3 is 4.90 Å². The van der Waals surface area contributed by atoms with Crippen LogP contribution in [0.2, 0.25) is 0 Å². The van der Waals surface area contributed by atoms with Crippen LogP contribution >= 0.6 is 0 Å². The van der Waals surface area contributed by atoms with Gasteiger partial charge in [0, 0.05) is 30.2 Å². The van der Waals surface area contributed by atoms with Crippen LogP contribution in [0.25, 0.3) is 11.0 Å². The fourth-order valence-corrected chi connectivity index (χ4v) is 2.38. The van der Waals surface area contributed by atoms with Gasteiger partial charge in [0.05, 0.1) is 0 Å². The zero-order valence-corrected chi connectivity index (χ0v) is 12.8. The first-order valence-corrected chi connectivity index (χ1v) is 7.23. The van der Waals surface area contributed by atoms with E-state index >= 15 is 0 Å². The lowest BCUT2D eigenvalue weighted by atomic mass is 10.1. The van der Waals surface area contributed by atoms with Crippen LogP contribution in [0.5, 0.6) is 0 Å². The first-order chi connectivity index (χ1) is 9.56. The Morgan fingerprint density at radius 3 is 2.55 bits per heavy atom. The minimum absolute atomic E-state index is 0.0298. The zero-order valence-electron chi connectivity index (χ0n) is 12.8. The van der Waals surface area contributed by atoms with Crippen molar-refractivity contribution in [2.24, 2.45) is 0 Å². The van der Waals surface area contributed by atoms with Gasteiger partial charge in [0.1, 0.15) is 5.65 Å². The molecule has 108 valence electrons. The second kappa shape index (κ2) is 6.18. The highest BCUT2D eigenvalue weighted by molar-refractivity contribution is 5.79. The molecule has 0 aliphatic heterocycles. The summed E-state index contributed by atoms with van der Waals surface area (Å²) in [7, 11) is 4.02. The molecule has 20 heavy (non-hydrogen) atoms. The van der Waals surface area contributed by atoms with E-state index < -0.39 is 0 Å². The Morgan fingerprint density at radius 2 is 1.95 bits per heavy atom. The van der Waals surface area contributed by atoms with Gasteiger partial charge in [-0.05, 0) is 44.6 Å². The molecule has 0 spiro atoms. The highest BCUT2D eigenvalue weighted by atomic mass is 16.1. The topological polar surface area (TPSA) is 38.1 Å². The Balaban J connectivity index is 2.65. The van der Waals surface area contributed by atoms with Crippen LogP contribution < -0.4 is 5.56 Å². The Morgan fingerprint density at radius 1 is 1.20 bits per heavy atom. The summed E-state index contributed by atoms with van der Waals surface area (Å²) in [5.41, 5.74) is 3.18. The maximum atomic E-state index is 12.1. The second-order valence-corrected chi connectivity index (χ2v) is 5.34. The van der Waals surface area contributed by atoms with Crippen LogP contribution in [0.3, 0.4) is 0 Å². The lowest BCUT2D eigenvalue weighted by molar-refractivity contribution is 0.383. The van der Waals surface area contributed by atoms with E-state index in [0.29, 0.717) is 6.54 Å². The molecule has 4 heteroatoms.